The van der Waals surface area contributed by atoms with Crippen molar-refractivity contribution in [1.29, 1.82) is 0 Å². The second-order valence-electron chi connectivity index (χ2n) is 7.52. The van der Waals surface area contributed by atoms with Crippen LogP contribution in [0.4, 0.5) is 24.7 Å². The number of nitrogen functional groups attached to an aromatic ring is 1. The SMILES string of the molecule is CC(=O)N[C@@H]1CSc2ccccc2N(CC(=O)NCc2ccc(N)nc2C)C1=O.O=C(O)C(F)(F)F. The lowest BCUT2D eigenvalue weighted by molar-refractivity contribution is -0.192. The lowest BCUT2D eigenvalue weighted by atomic mass is 10.2. The average Bonchev–Trinajstić information content (AvgIpc) is 2.90. The molecule has 0 spiro atoms. The molecule has 2 heterocycles. The molecule has 194 valence electrons. The fraction of sp³-hybridized carbons (Fsp3) is 0.318. The van der Waals surface area contributed by atoms with Gasteiger partial charge in [-0.15, -0.1) is 11.8 Å². The zero-order chi connectivity index (χ0) is 27.0. The molecule has 2 aromatic rings. The Hall–Kier alpha value is -3.81. The monoisotopic (exact) mass is 527 g/mol. The lowest BCUT2D eigenvalue weighted by Gasteiger charge is -2.25. The first kappa shape index (κ1) is 28.4. The van der Waals surface area contributed by atoms with Crippen molar-refractivity contribution >= 4 is 47.0 Å². The van der Waals surface area contributed by atoms with Gasteiger partial charge in [0.1, 0.15) is 18.4 Å². The number of rotatable bonds is 5. The molecule has 0 bridgehead atoms. The summed E-state index contributed by atoms with van der Waals surface area (Å²) in [6.07, 6.45) is -5.08. The summed E-state index contributed by atoms with van der Waals surface area (Å²) in [5, 5.41) is 12.6. The van der Waals surface area contributed by atoms with Crippen LogP contribution in [0.1, 0.15) is 18.2 Å². The Kier molecular flexibility index (Phi) is 9.67. The van der Waals surface area contributed by atoms with E-state index >= 15 is 0 Å². The van der Waals surface area contributed by atoms with Gasteiger partial charge in [-0.2, -0.15) is 13.2 Å². The molecule has 0 unspecified atom stereocenters. The standard InChI is InChI=1S/C20H23N5O3S.C2HF3O2/c1-12-14(7-8-18(21)23-12)9-22-19(27)10-25-16-5-3-4-6-17(16)29-11-15(20(25)28)24-13(2)26;3-2(4,5)1(6)7/h3-8,15H,9-11H2,1-2H3,(H2,21,23)(H,22,27)(H,24,26);(H,6,7)/t15-;/m1./s1. The van der Waals surface area contributed by atoms with E-state index in [1.54, 1.807) is 12.1 Å². The molecule has 5 N–H and O–H groups in total. The zero-order valence-electron chi connectivity index (χ0n) is 19.3. The fourth-order valence-corrected chi connectivity index (χ4v) is 4.13. The molecule has 14 heteroatoms. The van der Waals surface area contributed by atoms with Crippen LogP contribution in [-0.2, 0) is 25.7 Å². The van der Waals surface area contributed by atoms with E-state index in [0.29, 0.717) is 17.3 Å². The van der Waals surface area contributed by atoms with Crippen LogP contribution in [0.2, 0.25) is 0 Å². The predicted molar refractivity (Wildman–Crippen MR) is 126 cm³/mol. The van der Waals surface area contributed by atoms with Crippen molar-refractivity contribution in [1.82, 2.24) is 15.6 Å². The number of hydrogen-bond acceptors (Lipinski definition) is 7. The molecule has 0 radical (unpaired) electrons. The number of carboxylic acid groups (broad SMARTS) is 1. The number of anilines is 2. The van der Waals surface area contributed by atoms with E-state index in [4.69, 9.17) is 15.6 Å². The van der Waals surface area contributed by atoms with Crippen molar-refractivity contribution in [3.8, 4) is 0 Å². The van der Waals surface area contributed by atoms with Gasteiger partial charge in [0, 0.05) is 29.8 Å². The van der Waals surface area contributed by atoms with Crippen molar-refractivity contribution in [2.45, 2.75) is 37.5 Å². The summed E-state index contributed by atoms with van der Waals surface area (Å²) in [6.45, 7) is 3.33. The van der Waals surface area contributed by atoms with Crippen molar-refractivity contribution < 1.29 is 37.5 Å². The first-order chi connectivity index (χ1) is 16.8. The molecule has 1 aliphatic rings. The number of amides is 3. The second kappa shape index (κ2) is 12.2. The molecule has 0 fully saturated rings. The number of carbonyl (C=O) groups is 4. The van der Waals surface area contributed by atoms with Gasteiger partial charge in [0.15, 0.2) is 0 Å². The number of nitrogens with zero attached hydrogens (tertiary/aromatic N) is 2. The van der Waals surface area contributed by atoms with Gasteiger partial charge in [0.05, 0.1) is 5.69 Å². The Bertz CT molecular complexity index is 1150. The number of nitrogens with two attached hydrogens (primary N) is 1. The largest absolute Gasteiger partial charge is 0.490 e. The number of fused-ring (bicyclic) bond motifs is 1. The Morgan fingerprint density at radius 2 is 1.86 bits per heavy atom. The molecule has 1 atom stereocenters. The maximum atomic E-state index is 13.0. The molecule has 0 saturated heterocycles. The van der Waals surface area contributed by atoms with Gasteiger partial charge in [-0.05, 0) is 30.7 Å². The highest BCUT2D eigenvalue weighted by atomic mass is 32.2. The normalized spacial score (nSPS) is 15.1. The Morgan fingerprint density at radius 3 is 2.44 bits per heavy atom. The number of halogens is 3. The molecule has 36 heavy (non-hydrogen) atoms. The minimum atomic E-state index is -5.08. The number of aromatic nitrogens is 1. The molecular weight excluding hydrogens is 503 g/mol. The van der Waals surface area contributed by atoms with E-state index in [-0.39, 0.29) is 30.8 Å². The van der Waals surface area contributed by atoms with Crippen molar-refractivity contribution in [3.05, 3.63) is 47.7 Å². The third kappa shape index (κ3) is 8.15. The summed E-state index contributed by atoms with van der Waals surface area (Å²) in [7, 11) is 0. The number of nitrogens with one attached hydrogen (secondary N) is 2. The second-order valence-corrected chi connectivity index (χ2v) is 8.58. The Labute approximate surface area is 208 Å². The summed E-state index contributed by atoms with van der Waals surface area (Å²) in [6, 6.07) is 10.2. The van der Waals surface area contributed by atoms with Gasteiger partial charge in [-0.1, -0.05) is 18.2 Å². The van der Waals surface area contributed by atoms with Crippen LogP contribution >= 0.6 is 11.8 Å². The summed E-state index contributed by atoms with van der Waals surface area (Å²) in [4.78, 5) is 52.5. The summed E-state index contributed by atoms with van der Waals surface area (Å²) < 4.78 is 31.7. The van der Waals surface area contributed by atoms with Crippen LogP contribution in [0, 0.1) is 6.92 Å². The number of para-hydroxylation sites is 1. The van der Waals surface area contributed by atoms with Crippen molar-refractivity contribution in [3.63, 3.8) is 0 Å². The van der Waals surface area contributed by atoms with Gasteiger partial charge >= 0.3 is 12.1 Å². The maximum Gasteiger partial charge on any atom is 0.490 e. The van der Waals surface area contributed by atoms with E-state index in [1.807, 2.05) is 31.2 Å². The maximum absolute atomic E-state index is 13.0. The van der Waals surface area contributed by atoms with E-state index in [9.17, 15) is 27.6 Å². The van der Waals surface area contributed by atoms with Crippen molar-refractivity contribution in [2.75, 3.05) is 22.9 Å². The van der Waals surface area contributed by atoms with Gasteiger partial charge in [-0.25, -0.2) is 9.78 Å². The number of alkyl halides is 3. The molecular formula is C22H24F3N5O5S. The highest BCUT2D eigenvalue weighted by molar-refractivity contribution is 7.99. The third-order valence-electron chi connectivity index (χ3n) is 4.74. The summed E-state index contributed by atoms with van der Waals surface area (Å²) >= 11 is 1.48. The number of carboxylic acids is 1. The van der Waals surface area contributed by atoms with E-state index in [1.165, 1.54) is 23.6 Å². The van der Waals surface area contributed by atoms with Crippen molar-refractivity contribution in [2.24, 2.45) is 0 Å². The summed E-state index contributed by atoms with van der Waals surface area (Å²) in [5.74, 6) is -2.83. The van der Waals surface area contributed by atoms with Gasteiger partial charge < -0.3 is 26.4 Å². The van der Waals surface area contributed by atoms with Crippen LogP contribution in [0.3, 0.4) is 0 Å². The van der Waals surface area contributed by atoms with Crippen LogP contribution in [0.15, 0.2) is 41.3 Å². The van der Waals surface area contributed by atoms with Crippen LogP contribution in [-0.4, -0.2) is 58.3 Å². The smallest absolute Gasteiger partial charge is 0.475 e. The number of hydrogen-bond donors (Lipinski definition) is 4. The number of aryl methyl sites for hydroxylation is 1. The zero-order valence-corrected chi connectivity index (χ0v) is 20.1. The molecule has 1 aromatic carbocycles. The number of carbonyl (C=O) groups excluding carboxylic acids is 3. The van der Waals surface area contributed by atoms with Crippen LogP contribution in [0.5, 0.6) is 0 Å². The van der Waals surface area contributed by atoms with E-state index in [2.05, 4.69) is 15.6 Å². The van der Waals surface area contributed by atoms with Gasteiger partial charge in [-0.3, -0.25) is 14.4 Å². The molecule has 1 aliphatic heterocycles. The van der Waals surface area contributed by atoms with E-state index < -0.39 is 18.2 Å². The molecule has 10 nitrogen and oxygen atoms in total. The molecule has 0 aliphatic carbocycles. The van der Waals surface area contributed by atoms with Gasteiger partial charge in [0.25, 0.3) is 5.91 Å². The fourth-order valence-electron chi connectivity index (χ4n) is 3.05. The van der Waals surface area contributed by atoms with Gasteiger partial charge in [0.2, 0.25) is 11.8 Å². The highest BCUT2D eigenvalue weighted by Crippen LogP contribution is 2.34. The van der Waals surface area contributed by atoms with Crippen LogP contribution in [0.25, 0.3) is 0 Å². The molecule has 1 aromatic heterocycles. The number of benzene rings is 1. The predicted octanol–water partition coefficient (Wildman–Crippen LogP) is 1.87. The molecule has 3 amide bonds. The number of aliphatic carboxylic acids is 1. The Balaban J connectivity index is 0.000000572. The minimum Gasteiger partial charge on any atom is -0.475 e. The van der Waals surface area contributed by atoms with Crippen LogP contribution < -0.4 is 21.3 Å². The quantitative estimate of drug-likeness (QED) is 0.459. The topological polar surface area (TPSA) is 155 Å². The Morgan fingerprint density at radius 1 is 1.22 bits per heavy atom. The first-order valence-electron chi connectivity index (χ1n) is 10.4. The molecule has 3 rings (SSSR count). The third-order valence-corrected chi connectivity index (χ3v) is 5.90. The minimum absolute atomic E-state index is 0.145. The highest BCUT2D eigenvalue weighted by Gasteiger charge is 2.38. The molecule has 0 saturated carbocycles. The lowest BCUT2D eigenvalue weighted by Crippen LogP contribution is -2.51. The number of thioether (sulfide) groups is 1. The number of pyridine rings is 1. The van der Waals surface area contributed by atoms with E-state index in [0.717, 1.165) is 16.2 Å². The summed E-state index contributed by atoms with van der Waals surface area (Å²) in [5.41, 5.74) is 7.91. The average molecular weight is 528 g/mol. The first-order valence-corrected chi connectivity index (χ1v) is 11.4.